The van der Waals surface area contributed by atoms with Gasteiger partial charge in [0.1, 0.15) is 5.82 Å². The Balaban J connectivity index is 1.65. The third-order valence-corrected chi connectivity index (χ3v) is 4.11. The van der Waals surface area contributed by atoms with Crippen LogP contribution in [0.3, 0.4) is 0 Å². The van der Waals surface area contributed by atoms with E-state index in [1.54, 1.807) is 12.0 Å². The summed E-state index contributed by atoms with van der Waals surface area (Å²) in [6.45, 7) is 2.82. The van der Waals surface area contributed by atoms with E-state index in [0.717, 1.165) is 31.6 Å². The summed E-state index contributed by atoms with van der Waals surface area (Å²) in [5.74, 6) is 1.50. The zero-order valence-electron chi connectivity index (χ0n) is 12.5. The Morgan fingerprint density at radius 3 is 2.95 bits per heavy atom. The van der Waals surface area contributed by atoms with Crippen molar-refractivity contribution in [2.24, 2.45) is 0 Å². The number of hydrogen-bond donors (Lipinski definition) is 2. The highest BCUT2D eigenvalue weighted by Gasteiger charge is 2.30. The molecule has 2 N–H and O–H groups in total. The molecule has 1 aromatic heterocycles. The lowest BCUT2D eigenvalue weighted by Gasteiger charge is -2.24. The third kappa shape index (κ3) is 3.59. The van der Waals surface area contributed by atoms with Gasteiger partial charge >= 0.3 is 0 Å². The molecule has 2 aliphatic rings. The van der Waals surface area contributed by atoms with E-state index in [2.05, 4.69) is 20.5 Å². The van der Waals surface area contributed by atoms with Gasteiger partial charge in [0.2, 0.25) is 5.82 Å². The first-order valence-corrected chi connectivity index (χ1v) is 7.72. The molecule has 1 saturated carbocycles. The molecule has 0 aromatic carbocycles. The minimum Gasteiger partial charge on any atom is -0.383 e. The second kappa shape index (κ2) is 6.53. The Labute approximate surface area is 124 Å². The van der Waals surface area contributed by atoms with Crippen molar-refractivity contribution >= 4 is 5.91 Å². The number of hydrogen-bond acceptors (Lipinski definition) is 5. The van der Waals surface area contributed by atoms with Crippen molar-refractivity contribution in [1.82, 2.24) is 25.4 Å². The molecule has 7 heteroatoms. The molecule has 1 aromatic rings. The van der Waals surface area contributed by atoms with E-state index in [0.29, 0.717) is 31.7 Å². The van der Waals surface area contributed by atoms with Gasteiger partial charge < -0.3 is 15.0 Å². The molecule has 0 bridgehead atoms. The summed E-state index contributed by atoms with van der Waals surface area (Å²) in [6, 6.07) is 0.368. The first kappa shape index (κ1) is 14.5. The number of aromatic nitrogens is 3. The van der Waals surface area contributed by atoms with Gasteiger partial charge in [-0.25, -0.2) is 4.98 Å². The maximum Gasteiger partial charge on any atom is 0.293 e. The number of aromatic amines is 1. The van der Waals surface area contributed by atoms with Crippen LogP contribution in [0.5, 0.6) is 0 Å². The fourth-order valence-electron chi connectivity index (χ4n) is 2.71. The van der Waals surface area contributed by atoms with Gasteiger partial charge in [-0.2, -0.15) is 0 Å². The SMILES string of the molecule is COCCN(CC1CCCN1)C(=O)c1n[nH]c(C2CC2)n1. The topological polar surface area (TPSA) is 83.1 Å². The average Bonchev–Trinajstić information content (AvgIpc) is 3.03. The van der Waals surface area contributed by atoms with Crippen LogP contribution < -0.4 is 5.32 Å². The molecule has 116 valence electrons. The highest BCUT2D eigenvalue weighted by atomic mass is 16.5. The van der Waals surface area contributed by atoms with Crippen molar-refractivity contribution < 1.29 is 9.53 Å². The molecular weight excluding hydrogens is 270 g/mol. The lowest BCUT2D eigenvalue weighted by Crippen LogP contribution is -2.43. The van der Waals surface area contributed by atoms with Crippen molar-refractivity contribution in [2.45, 2.75) is 37.6 Å². The lowest BCUT2D eigenvalue weighted by atomic mass is 10.2. The first-order valence-electron chi connectivity index (χ1n) is 7.72. The lowest BCUT2D eigenvalue weighted by molar-refractivity contribution is 0.0667. The molecule has 7 nitrogen and oxygen atoms in total. The number of methoxy groups -OCH3 is 1. The molecule has 1 atom stereocenters. The predicted octanol–water partition coefficient (Wildman–Crippen LogP) is 0.523. The minimum absolute atomic E-state index is 0.107. The molecule has 1 unspecified atom stereocenters. The molecule has 0 radical (unpaired) electrons. The number of nitrogens with zero attached hydrogens (tertiary/aromatic N) is 3. The molecular formula is C14H23N5O2. The summed E-state index contributed by atoms with van der Waals surface area (Å²) in [7, 11) is 1.65. The zero-order valence-corrected chi connectivity index (χ0v) is 12.5. The van der Waals surface area contributed by atoms with E-state index in [4.69, 9.17) is 4.74 Å². The fourth-order valence-corrected chi connectivity index (χ4v) is 2.71. The Morgan fingerprint density at radius 1 is 1.43 bits per heavy atom. The monoisotopic (exact) mass is 293 g/mol. The summed E-state index contributed by atoms with van der Waals surface area (Å²) >= 11 is 0. The van der Waals surface area contributed by atoms with Crippen LogP contribution in [0, 0.1) is 0 Å². The van der Waals surface area contributed by atoms with Gasteiger partial charge in [-0.1, -0.05) is 0 Å². The van der Waals surface area contributed by atoms with Crippen LogP contribution in [-0.4, -0.2) is 65.4 Å². The van der Waals surface area contributed by atoms with Crippen LogP contribution in [-0.2, 0) is 4.74 Å². The number of carbonyl (C=O) groups excluding carboxylic acids is 1. The number of ether oxygens (including phenoxy) is 1. The standard InChI is InChI=1S/C14H23N5O2/c1-21-8-7-19(9-11-3-2-6-15-11)14(20)13-16-12(17-18-13)10-4-5-10/h10-11,15H,2-9H2,1H3,(H,16,17,18). The van der Waals surface area contributed by atoms with E-state index < -0.39 is 0 Å². The highest BCUT2D eigenvalue weighted by Crippen LogP contribution is 2.37. The molecule has 1 amide bonds. The molecule has 3 rings (SSSR count). The zero-order chi connectivity index (χ0) is 14.7. The van der Waals surface area contributed by atoms with E-state index in [-0.39, 0.29) is 11.7 Å². The smallest absolute Gasteiger partial charge is 0.293 e. The number of carbonyl (C=O) groups is 1. The number of amides is 1. The average molecular weight is 293 g/mol. The summed E-state index contributed by atoms with van der Waals surface area (Å²) < 4.78 is 5.11. The Kier molecular flexibility index (Phi) is 4.50. The molecule has 2 fully saturated rings. The van der Waals surface area contributed by atoms with Crippen molar-refractivity contribution in [1.29, 1.82) is 0 Å². The number of H-pyrrole nitrogens is 1. The van der Waals surface area contributed by atoms with E-state index in [1.165, 1.54) is 6.42 Å². The fraction of sp³-hybridized carbons (Fsp3) is 0.786. The Morgan fingerprint density at radius 2 is 2.29 bits per heavy atom. The van der Waals surface area contributed by atoms with E-state index >= 15 is 0 Å². The van der Waals surface area contributed by atoms with Crippen molar-refractivity contribution in [2.75, 3.05) is 33.4 Å². The molecule has 0 spiro atoms. The highest BCUT2D eigenvalue weighted by molar-refractivity contribution is 5.90. The van der Waals surface area contributed by atoms with Gasteiger partial charge in [0, 0.05) is 32.2 Å². The van der Waals surface area contributed by atoms with Crippen LogP contribution in [0.15, 0.2) is 0 Å². The summed E-state index contributed by atoms with van der Waals surface area (Å²) in [6.07, 6.45) is 4.56. The molecule has 1 saturated heterocycles. The van der Waals surface area contributed by atoms with Crippen LogP contribution in [0.1, 0.15) is 48.0 Å². The quantitative estimate of drug-likeness (QED) is 0.766. The van der Waals surface area contributed by atoms with Crippen molar-refractivity contribution in [3.63, 3.8) is 0 Å². The van der Waals surface area contributed by atoms with Crippen LogP contribution in [0.2, 0.25) is 0 Å². The normalized spacial score (nSPS) is 21.7. The molecule has 2 heterocycles. The van der Waals surface area contributed by atoms with E-state index in [1.807, 2.05) is 0 Å². The van der Waals surface area contributed by atoms with Gasteiger partial charge in [0.15, 0.2) is 0 Å². The largest absolute Gasteiger partial charge is 0.383 e. The summed E-state index contributed by atoms with van der Waals surface area (Å²) in [4.78, 5) is 18.7. The van der Waals surface area contributed by atoms with Crippen LogP contribution in [0.25, 0.3) is 0 Å². The Hall–Kier alpha value is -1.47. The summed E-state index contributed by atoms with van der Waals surface area (Å²) in [5, 5.41) is 10.4. The van der Waals surface area contributed by atoms with Gasteiger partial charge in [-0.15, -0.1) is 5.10 Å². The van der Waals surface area contributed by atoms with Gasteiger partial charge in [-0.3, -0.25) is 9.89 Å². The predicted molar refractivity (Wildman–Crippen MR) is 77.2 cm³/mol. The van der Waals surface area contributed by atoms with Gasteiger partial charge in [0.25, 0.3) is 5.91 Å². The molecule has 1 aliphatic heterocycles. The maximum atomic E-state index is 12.6. The maximum absolute atomic E-state index is 12.6. The number of rotatable bonds is 7. The van der Waals surface area contributed by atoms with E-state index in [9.17, 15) is 4.79 Å². The minimum atomic E-state index is -0.107. The second-order valence-electron chi connectivity index (χ2n) is 5.86. The Bertz CT molecular complexity index is 479. The molecule has 1 aliphatic carbocycles. The van der Waals surface area contributed by atoms with Gasteiger partial charge in [-0.05, 0) is 32.2 Å². The summed E-state index contributed by atoms with van der Waals surface area (Å²) in [5.41, 5.74) is 0. The van der Waals surface area contributed by atoms with Crippen molar-refractivity contribution in [3.8, 4) is 0 Å². The molecule has 21 heavy (non-hydrogen) atoms. The van der Waals surface area contributed by atoms with Crippen LogP contribution in [0.4, 0.5) is 0 Å². The third-order valence-electron chi connectivity index (χ3n) is 4.11. The van der Waals surface area contributed by atoms with Crippen LogP contribution >= 0.6 is 0 Å². The number of nitrogens with one attached hydrogen (secondary N) is 2. The van der Waals surface area contributed by atoms with Crippen molar-refractivity contribution in [3.05, 3.63) is 11.6 Å². The first-order chi connectivity index (χ1) is 10.3. The van der Waals surface area contributed by atoms with Gasteiger partial charge in [0.05, 0.1) is 6.61 Å². The second-order valence-corrected chi connectivity index (χ2v) is 5.86.